The molecule has 0 aliphatic heterocycles. The molecule has 16 nitrogen and oxygen atoms in total. The molecule has 5 rings (SSSR count). The molecule has 304 valence electrons. The lowest BCUT2D eigenvalue weighted by Crippen LogP contribution is -2.65. The molecule has 0 aromatic heterocycles. The Hall–Kier alpha value is -8.01. The summed E-state index contributed by atoms with van der Waals surface area (Å²) in [6.45, 7) is 0. The summed E-state index contributed by atoms with van der Waals surface area (Å²) in [4.78, 5) is 66.6. The number of phenols is 6. The Kier molecular flexibility index (Phi) is 13.4. The third-order valence-corrected chi connectivity index (χ3v) is 8.76. The molecule has 0 saturated heterocycles. The maximum absolute atomic E-state index is 13.4. The second-order valence-corrected chi connectivity index (χ2v) is 12.9. The van der Waals surface area contributed by atoms with Crippen molar-refractivity contribution in [1.82, 2.24) is 0 Å². The number of carboxylic acids is 1. The fourth-order valence-corrected chi connectivity index (χ4v) is 5.79. The van der Waals surface area contributed by atoms with Crippen LogP contribution in [-0.2, 0) is 42.9 Å². The van der Waals surface area contributed by atoms with Crippen LogP contribution in [0.1, 0.15) is 35.1 Å². The predicted octanol–water partition coefficient (Wildman–Crippen LogP) is 4.97. The Morgan fingerprint density at radius 2 is 0.915 bits per heavy atom. The first-order valence-electron chi connectivity index (χ1n) is 17.5. The molecule has 4 aromatic carbocycles. The van der Waals surface area contributed by atoms with Crippen LogP contribution in [0.15, 0.2) is 109 Å². The minimum atomic E-state index is -2.77. The molecule has 7 N–H and O–H groups in total. The zero-order chi connectivity index (χ0) is 42.7. The number of carboxylic acid groups (broad SMARTS) is 1. The highest BCUT2D eigenvalue weighted by molar-refractivity contribution is 5.93. The van der Waals surface area contributed by atoms with Gasteiger partial charge in [0.1, 0.15) is 17.6 Å². The van der Waals surface area contributed by atoms with Gasteiger partial charge in [0, 0.05) is 30.7 Å². The lowest BCUT2D eigenvalue weighted by atomic mass is 9.78. The summed E-state index contributed by atoms with van der Waals surface area (Å²) in [7, 11) is 0. The first-order valence-corrected chi connectivity index (χ1v) is 17.5. The van der Waals surface area contributed by atoms with Crippen molar-refractivity contribution in [3.05, 3.63) is 131 Å². The van der Waals surface area contributed by atoms with Crippen molar-refractivity contribution < 1.29 is 78.7 Å². The molecule has 1 fully saturated rings. The van der Waals surface area contributed by atoms with Crippen LogP contribution in [0.3, 0.4) is 0 Å². The van der Waals surface area contributed by atoms with E-state index in [0.717, 1.165) is 42.5 Å². The van der Waals surface area contributed by atoms with Gasteiger partial charge >= 0.3 is 29.8 Å². The van der Waals surface area contributed by atoms with Crippen LogP contribution in [0, 0.1) is 0 Å². The molecule has 1 saturated carbocycles. The van der Waals surface area contributed by atoms with E-state index < -0.39 is 89.6 Å². The number of carbonyl (C=O) groups is 5. The highest BCUT2D eigenvalue weighted by atomic mass is 16.6. The molecule has 0 bridgehead atoms. The van der Waals surface area contributed by atoms with E-state index in [1.54, 1.807) is 0 Å². The normalized spacial score (nSPS) is 19.2. The summed E-state index contributed by atoms with van der Waals surface area (Å²) in [6.07, 6.45) is 1.67. The molecule has 0 heterocycles. The molecule has 0 spiro atoms. The topological polar surface area (TPSA) is 264 Å². The fraction of sp³-hybridized carbons (Fsp3) is 0.140. The van der Waals surface area contributed by atoms with Crippen molar-refractivity contribution in [2.24, 2.45) is 0 Å². The number of esters is 4. The summed E-state index contributed by atoms with van der Waals surface area (Å²) in [5, 5.41) is 68.9. The molecule has 59 heavy (non-hydrogen) atoms. The van der Waals surface area contributed by atoms with Gasteiger partial charge in [0.05, 0.1) is 0 Å². The minimum absolute atomic E-state index is 0.0528. The van der Waals surface area contributed by atoms with E-state index in [2.05, 4.69) is 0 Å². The van der Waals surface area contributed by atoms with E-state index in [9.17, 15) is 59.7 Å². The van der Waals surface area contributed by atoms with Gasteiger partial charge in [-0.3, -0.25) is 0 Å². The van der Waals surface area contributed by atoms with Gasteiger partial charge in [-0.15, -0.1) is 0 Å². The van der Waals surface area contributed by atoms with Crippen LogP contribution in [0.4, 0.5) is 0 Å². The molecular weight excluding hydrogens is 772 g/mol. The average Bonchev–Trinajstić information content (AvgIpc) is 3.20. The van der Waals surface area contributed by atoms with Gasteiger partial charge in [0.25, 0.3) is 0 Å². The fourth-order valence-electron chi connectivity index (χ4n) is 5.79. The maximum atomic E-state index is 13.4. The molecule has 1 aliphatic rings. The molecule has 0 amide bonds. The summed E-state index contributed by atoms with van der Waals surface area (Å²) >= 11 is 0. The Balaban J connectivity index is 1.52. The summed E-state index contributed by atoms with van der Waals surface area (Å²) in [5.74, 6) is -8.45. The number of aromatic hydroxyl groups is 6. The lowest BCUT2D eigenvalue weighted by Gasteiger charge is -2.45. The van der Waals surface area contributed by atoms with Crippen LogP contribution in [0.25, 0.3) is 24.3 Å². The maximum Gasteiger partial charge on any atom is 0.352 e. The highest BCUT2D eigenvalue weighted by Crippen LogP contribution is 2.39. The lowest BCUT2D eigenvalue weighted by molar-refractivity contribution is -0.234. The van der Waals surface area contributed by atoms with Crippen LogP contribution in [-0.4, -0.2) is 89.5 Å². The van der Waals surface area contributed by atoms with E-state index in [0.29, 0.717) is 11.1 Å². The molecule has 1 aliphatic carbocycles. The van der Waals surface area contributed by atoms with Gasteiger partial charge in [-0.25, -0.2) is 24.0 Å². The van der Waals surface area contributed by atoms with Gasteiger partial charge in [-0.05, 0) is 102 Å². The Morgan fingerprint density at radius 3 is 1.37 bits per heavy atom. The van der Waals surface area contributed by atoms with Crippen LogP contribution in [0.5, 0.6) is 34.5 Å². The minimum Gasteiger partial charge on any atom is -0.508 e. The van der Waals surface area contributed by atoms with Crippen molar-refractivity contribution in [1.29, 1.82) is 0 Å². The van der Waals surface area contributed by atoms with Crippen molar-refractivity contribution in [2.75, 3.05) is 0 Å². The molecular formula is C43H36O16. The quantitative estimate of drug-likeness (QED) is 0.0407. The van der Waals surface area contributed by atoms with Gasteiger partial charge < -0.3 is 54.7 Å². The Morgan fingerprint density at radius 1 is 0.508 bits per heavy atom. The zero-order valence-electron chi connectivity index (χ0n) is 30.7. The second-order valence-electron chi connectivity index (χ2n) is 12.9. The highest BCUT2D eigenvalue weighted by Gasteiger charge is 2.62. The first kappa shape index (κ1) is 42.1. The predicted molar refractivity (Wildman–Crippen MR) is 207 cm³/mol. The van der Waals surface area contributed by atoms with Crippen molar-refractivity contribution >= 4 is 54.2 Å². The van der Waals surface area contributed by atoms with E-state index >= 15 is 0 Å². The van der Waals surface area contributed by atoms with Gasteiger partial charge in [-0.1, -0.05) is 36.4 Å². The summed E-state index contributed by atoms with van der Waals surface area (Å²) < 4.78 is 22.5. The number of aliphatic carboxylic acids is 1. The second kappa shape index (κ2) is 18.8. The number of hydrogen-bond donors (Lipinski definition) is 7. The number of hydrogen-bond acceptors (Lipinski definition) is 15. The number of benzene rings is 4. The van der Waals surface area contributed by atoms with Crippen LogP contribution >= 0.6 is 0 Å². The van der Waals surface area contributed by atoms with Crippen LogP contribution < -0.4 is 0 Å². The monoisotopic (exact) mass is 808 g/mol. The molecule has 16 heteroatoms. The van der Waals surface area contributed by atoms with E-state index in [4.69, 9.17) is 18.9 Å². The number of carbonyl (C=O) groups excluding carboxylic acids is 4. The summed E-state index contributed by atoms with van der Waals surface area (Å²) in [6, 6.07) is 18.5. The number of ether oxygens (including phenoxy) is 4. The van der Waals surface area contributed by atoms with E-state index in [-0.39, 0.29) is 22.6 Å². The number of phenolic OH excluding ortho intramolecular Hbond substituents is 6. The Labute approximate surface area is 335 Å². The largest absolute Gasteiger partial charge is 0.508 e. The van der Waals surface area contributed by atoms with Crippen LogP contribution in [0.2, 0.25) is 0 Å². The number of rotatable bonds is 13. The molecule has 0 radical (unpaired) electrons. The smallest absolute Gasteiger partial charge is 0.352 e. The van der Waals surface area contributed by atoms with Gasteiger partial charge in [-0.2, -0.15) is 0 Å². The zero-order valence-corrected chi connectivity index (χ0v) is 30.7. The average molecular weight is 809 g/mol. The Bertz CT molecular complexity index is 2320. The molecule has 0 unspecified atom stereocenters. The third kappa shape index (κ3) is 11.3. The van der Waals surface area contributed by atoms with Gasteiger partial charge in [0.15, 0.2) is 35.2 Å². The third-order valence-electron chi connectivity index (χ3n) is 8.76. The first-order chi connectivity index (χ1) is 28.1. The van der Waals surface area contributed by atoms with E-state index in [1.807, 2.05) is 0 Å². The van der Waals surface area contributed by atoms with E-state index in [1.165, 1.54) is 91.0 Å². The van der Waals surface area contributed by atoms with Crippen molar-refractivity contribution in [2.45, 2.75) is 36.8 Å². The standard InChI is InChI=1S/C43H36O16/c44-29-11-1-25(2-12-29)7-17-38(52)58-41-40(57-37(51)19-10-28-6-16-32(47)34(49)24-28)35(56-36(50)18-9-27-5-15-31(46)33(48)23-27)21-22-43(41,42(54)55)59-39(53)20-8-26-3-13-30(45)14-4-26/h1-20,23-24,35,40-41,44-49H,21-22H2,(H,54,55)/t35-,40+,41+,43-/m1/s1. The van der Waals surface area contributed by atoms with Crippen molar-refractivity contribution in [3.8, 4) is 34.5 Å². The van der Waals surface area contributed by atoms with Gasteiger partial charge in [0.2, 0.25) is 5.60 Å². The molecule has 4 aromatic rings. The summed E-state index contributed by atoms with van der Waals surface area (Å²) in [5.41, 5.74) is -1.46. The molecule has 4 atom stereocenters. The van der Waals surface area contributed by atoms with Crippen molar-refractivity contribution in [3.63, 3.8) is 0 Å². The SMILES string of the molecule is O=C(C=Cc1ccc(O)c(O)c1)O[C@H]1[C@H](OC(=O)C=Cc2ccc(O)c(O)c2)CC[C@](OC(=O)C=Cc2ccc(O)cc2)(C(=O)O)[C@H]1OC(=O)C=Cc1ccc(O)cc1.